The predicted molar refractivity (Wildman–Crippen MR) is 162 cm³/mol. The fourth-order valence-electron chi connectivity index (χ4n) is 4.93. The smallest absolute Gasteiger partial charge is 0.271 e. The third-order valence-electron chi connectivity index (χ3n) is 7.01. The number of methoxy groups -OCH3 is 1. The first-order chi connectivity index (χ1) is 19.2. The summed E-state index contributed by atoms with van der Waals surface area (Å²) in [6.07, 6.45) is 1.91. The molecule has 1 aliphatic heterocycles. The van der Waals surface area contributed by atoms with Crippen molar-refractivity contribution in [3.05, 3.63) is 125 Å². The zero-order chi connectivity index (χ0) is 28.6. The molecule has 0 aliphatic carbocycles. The molecule has 1 aromatic heterocycles. The van der Waals surface area contributed by atoms with Crippen LogP contribution < -0.4 is 24.9 Å². The zero-order valence-electron chi connectivity index (χ0n) is 23.0. The maximum absolute atomic E-state index is 14.0. The first-order valence-electron chi connectivity index (χ1n) is 13.0. The Kier molecular flexibility index (Phi) is 7.79. The molecule has 5 rings (SSSR count). The number of ether oxygens (including phenoxy) is 1. The van der Waals surface area contributed by atoms with Crippen molar-refractivity contribution in [1.29, 1.82) is 0 Å². The highest BCUT2D eigenvalue weighted by molar-refractivity contribution is 7.07. The van der Waals surface area contributed by atoms with Gasteiger partial charge in [0.25, 0.3) is 11.5 Å². The fourth-order valence-corrected chi connectivity index (χ4v) is 6.10. The number of nitrogens with one attached hydrogen (secondary N) is 1. The second-order valence-corrected chi connectivity index (χ2v) is 11.5. The number of thiazole rings is 1. The van der Waals surface area contributed by atoms with Gasteiger partial charge in [-0.15, -0.1) is 0 Å². The standard InChI is InChI=1S/C32H30ClN3O3S/c1-18(2)25-16-22(19(3)15-26(25)39-5)17-27-31(38)36-29(21-11-13-23(33)14-12-21)28(20(4)34-32(36)40-27)30(37)35-24-9-7-6-8-10-24/h6-18,29H,1-5H3,(H,35,37)/b27-17+/t29-/m0/s1. The molecule has 1 atom stereocenters. The number of nitrogens with zero attached hydrogens (tertiary/aromatic N) is 2. The van der Waals surface area contributed by atoms with Gasteiger partial charge >= 0.3 is 0 Å². The number of fused-ring (bicyclic) bond motifs is 1. The number of aryl methyl sites for hydroxylation is 1. The van der Waals surface area contributed by atoms with Crippen molar-refractivity contribution in [1.82, 2.24) is 4.57 Å². The Labute approximate surface area is 241 Å². The summed E-state index contributed by atoms with van der Waals surface area (Å²) in [5.41, 5.74) is 5.21. The van der Waals surface area contributed by atoms with Gasteiger partial charge in [0.05, 0.1) is 29.0 Å². The molecule has 3 aromatic carbocycles. The minimum atomic E-state index is -0.664. The summed E-state index contributed by atoms with van der Waals surface area (Å²) >= 11 is 7.51. The third kappa shape index (κ3) is 5.27. The van der Waals surface area contributed by atoms with E-state index in [0.29, 0.717) is 31.3 Å². The minimum Gasteiger partial charge on any atom is -0.496 e. The number of allylic oxidation sites excluding steroid dienone is 1. The van der Waals surface area contributed by atoms with Crippen LogP contribution in [0.3, 0.4) is 0 Å². The molecular weight excluding hydrogens is 542 g/mol. The number of anilines is 1. The average Bonchev–Trinajstić information content (AvgIpc) is 3.23. The van der Waals surface area contributed by atoms with Crippen molar-refractivity contribution >= 4 is 40.6 Å². The molecule has 0 spiro atoms. The van der Waals surface area contributed by atoms with Crippen molar-refractivity contribution < 1.29 is 9.53 Å². The number of aromatic nitrogens is 1. The molecule has 6 nitrogen and oxygen atoms in total. The van der Waals surface area contributed by atoms with Crippen LogP contribution in [0.1, 0.15) is 55.0 Å². The van der Waals surface area contributed by atoms with Gasteiger partial charge in [0.2, 0.25) is 0 Å². The lowest BCUT2D eigenvalue weighted by molar-refractivity contribution is -0.113. The van der Waals surface area contributed by atoms with Gasteiger partial charge in [-0.2, -0.15) is 0 Å². The average molecular weight is 572 g/mol. The predicted octanol–water partition coefficient (Wildman–Crippen LogP) is 5.97. The Hall–Kier alpha value is -3.94. The molecule has 1 aliphatic rings. The molecule has 0 unspecified atom stereocenters. The largest absolute Gasteiger partial charge is 0.496 e. The SMILES string of the molecule is COc1cc(C)c(/C=c2/sc3n(c2=O)[C@@H](c2ccc(Cl)cc2)C(C(=O)Nc2ccccc2)=C(C)N=3)cc1C(C)C. The van der Waals surface area contributed by atoms with E-state index in [1.165, 1.54) is 11.3 Å². The maximum Gasteiger partial charge on any atom is 0.271 e. The van der Waals surface area contributed by atoms with E-state index in [4.69, 9.17) is 21.3 Å². The van der Waals surface area contributed by atoms with Crippen LogP contribution in [-0.2, 0) is 4.79 Å². The lowest BCUT2D eigenvalue weighted by Crippen LogP contribution is -2.40. The molecule has 40 heavy (non-hydrogen) atoms. The number of rotatable bonds is 6. The maximum atomic E-state index is 14.0. The molecule has 0 saturated heterocycles. The summed E-state index contributed by atoms with van der Waals surface area (Å²) in [5.74, 6) is 0.773. The van der Waals surface area contributed by atoms with E-state index in [2.05, 4.69) is 25.2 Å². The van der Waals surface area contributed by atoms with Gasteiger partial charge in [0, 0.05) is 10.7 Å². The first-order valence-corrected chi connectivity index (χ1v) is 14.2. The Morgan fingerprint density at radius 3 is 2.45 bits per heavy atom. The zero-order valence-corrected chi connectivity index (χ0v) is 24.6. The fraction of sp³-hybridized carbons (Fsp3) is 0.219. The number of amides is 1. The van der Waals surface area contributed by atoms with Crippen LogP contribution in [-0.4, -0.2) is 17.6 Å². The Morgan fingerprint density at radius 2 is 1.80 bits per heavy atom. The van der Waals surface area contributed by atoms with Crippen LogP contribution in [0.25, 0.3) is 6.08 Å². The van der Waals surface area contributed by atoms with Crippen molar-refractivity contribution in [3.8, 4) is 5.75 Å². The van der Waals surface area contributed by atoms with Crippen molar-refractivity contribution in [3.63, 3.8) is 0 Å². The second kappa shape index (κ2) is 11.3. The van der Waals surface area contributed by atoms with E-state index in [1.807, 2.05) is 68.5 Å². The number of carbonyl (C=O) groups excluding carboxylic acids is 1. The van der Waals surface area contributed by atoms with Crippen LogP contribution >= 0.6 is 22.9 Å². The summed E-state index contributed by atoms with van der Waals surface area (Å²) in [4.78, 5) is 33.0. The van der Waals surface area contributed by atoms with Gasteiger partial charge in [-0.1, -0.05) is 67.1 Å². The van der Waals surface area contributed by atoms with E-state index in [-0.39, 0.29) is 17.4 Å². The number of halogens is 1. The summed E-state index contributed by atoms with van der Waals surface area (Å²) in [6.45, 7) is 8.04. The molecule has 0 bridgehead atoms. The minimum absolute atomic E-state index is 0.206. The van der Waals surface area contributed by atoms with Gasteiger partial charge < -0.3 is 10.1 Å². The molecule has 2 heterocycles. The van der Waals surface area contributed by atoms with Crippen molar-refractivity contribution in [2.75, 3.05) is 12.4 Å². The first kappa shape index (κ1) is 27.6. The number of hydrogen-bond acceptors (Lipinski definition) is 5. The van der Waals surface area contributed by atoms with Gasteiger partial charge in [0.15, 0.2) is 4.80 Å². The Balaban J connectivity index is 1.68. The number of hydrogen-bond donors (Lipinski definition) is 1. The van der Waals surface area contributed by atoms with Crippen LogP contribution in [0.4, 0.5) is 5.69 Å². The van der Waals surface area contributed by atoms with E-state index >= 15 is 0 Å². The summed E-state index contributed by atoms with van der Waals surface area (Å²) in [5, 5.41) is 3.54. The highest BCUT2D eigenvalue weighted by atomic mass is 35.5. The third-order valence-corrected chi connectivity index (χ3v) is 8.25. The molecule has 4 aromatic rings. The van der Waals surface area contributed by atoms with Crippen molar-refractivity contribution in [2.45, 2.75) is 39.7 Å². The van der Waals surface area contributed by atoms with Crippen LogP contribution in [0.15, 0.2) is 87.8 Å². The van der Waals surface area contributed by atoms with Crippen LogP contribution in [0.5, 0.6) is 5.75 Å². The quantitative estimate of drug-likeness (QED) is 0.310. The van der Waals surface area contributed by atoms with Gasteiger partial charge in [-0.05, 0) is 84.5 Å². The molecule has 1 amide bonds. The Bertz CT molecular complexity index is 1800. The molecular formula is C32H30ClN3O3S. The van der Waals surface area contributed by atoms with E-state index in [9.17, 15) is 9.59 Å². The number of benzene rings is 3. The molecule has 8 heteroatoms. The highest BCUT2D eigenvalue weighted by Crippen LogP contribution is 2.32. The summed E-state index contributed by atoms with van der Waals surface area (Å²) in [6, 6.07) is 19.9. The summed E-state index contributed by atoms with van der Waals surface area (Å²) < 4.78 is 7.76. The monoisotopic (exact) mass is 571 g/mol. The van der Waals surface area contributed by atoms with E-state index in [0.717, 1.165) is 28.0 Å². The number of carbonyl (C=O) groups is 1. The molecule has 0 saturated carbocycles. The normalized spacial score (nSPS) is 15.2. The molecule has 0 radical (unpaired) electrons. The van der Waals surface area contributed by atoms with Crippen molar-refractivity contribution in [2.24, 2.45) is 4.99 Å². The molecule has 0 fully saturated rings. The van der Waals surface area contributed by atoms with Gasteiger partial charge in [-0.3, -0.25) is 14.2 Å². The van der Waals surface area contributed by atoms with Crippen LogP contribution in [0.2, 0.25) is 5.02 Å². The topological polar surface area (TPSA) is 72.7 Å². The lowest BCUT2D eigenvalue weighted by atomic mass is 9.95. The lowest BCUT2D eigenvalue weighted by Gasteiger charge is -2.25. The summed E-state index contributed by atoms with van der Waals surface area (Å²) in [7, 11) is 1.67. The highest BCUT2D eigenvalue weighted by Gasteiger charge is 2.32. The van der Waals surface area contributed by atoms with E-state index < -0.39 is 6.04 Å². The van der Waals surface area contributed by atoms with Crippen LogP contribution in [0, 0.1) is 6.92 Å². The molecule has 204 valence electrons. The Morgan fingerprint density at radius 1 is 1.10 bits per heavy atom. The van der Waals surface area contributed by atoms with Gasteiger partial charge in [-0.25, -0.2) is 4.99 Å². The number of para-hydroxylation sites is 1. The van der Waals surface area contributed by atoms with Gasteiger partial charge in [0.1, 0.15) is 5.75 Å². The van der Waals surface area contributed by atoms with E-state index in [1.54, 1.807) is 23.8 Å². The second-order valence-electron chi connectivity index (χ2n) is 10.1. The molecule has 1 N–H and O–H groups in total.